The highest BCUT2D eigenvalue weighted by molar-refractivity contribution is 7.89. The van der Waals surface area contributed by atoms with Crippen LogP contribution >= 0.6 is 0 Å². The molecule has 0 atom stereocenters. The predicted molar refractivity (Wildman–Crippen MR) is 75.6 cm³/mol. The lowest BCUT2D eigenvalue weighted by atomic mass is 10.1. The van der Waals surface area contributed by atoms with Crippen LogP contribution in [0.4, 0.5) is 5.69 Å². The molecule has 0 aliphatic carbocycles. The van der Waals surface area contributed by atoms with E-state index in [4.69, 9.17) is 5.73 Å². The molecule has 0 radical (unpaired) electrons. The summed E-state index contributed by atoms with van der Waals surface area (Å²) in [6, 6.07) is 3.08. The molecule has 0 unspecified atom stereocenters. The standard InChI is InChI=1S/C12H17N5O2S/c1-8-5-10(6-11(13)9(8)2)20(18,19)16-4-3-12-14-7-15-17-12/h5-7,16H,3-4,13H2,1-2H3,(H,14,15,17). The Morgan fingerprint density at radius 2 is 2.10 bits per heavy atom. The first-order valence-corrected chi connectivity index (χ1v) is 7.59. The van der Waals surface area contributed by atoms with Gasteiger partial charge >= 0.3 is 0 Å². The second kappa shape index (κ2) is 5.59. The van der Waals surface area contributed by atoms with Gasteiger partial charge in [0.05, 0.1) is 4.90 Å². The summed E-state index contributed by atoms with van der Waals surface area (Å²) in [5.74, 6) is 0.632. The Bertz CT molecular complexity index is 672. The Balaban J connectivity index is 2.10. The third-order valence-electron chi connectivity index (χ3n) is 3.11. The summed E-state index contributed by atoms with van der Waals surface area (Å²) < 4.78 is 26.8. The molecule has 108 valence electrons. The number of hydrogen-bond acceptors (Lipinski definition) is 5. The monoisotopic (exact) mass is 295 g/mol. The van der Waals surface area contributed by atoms with E-state index < -0.39 is 10.0 Å². The van der Waals surface area contributed by atoms with Gasteiger partial charge < -0.3 is 5.73 Å². The van der Waals surface area contributed by atoms with Crippen LogP contribution in [0.25, 0.3) is 0 Å². The van der Waals surface area contributed by atoms with Crippen LogP contribution in [0.15, 0.2) is 23.4 Å². The minimum absolute atomic E-state index is 0.177. The van der Waals surface area contributed by atoms with Crippen LogP contribution in [0.2, 0.25) is 0 Å². The van der Waals surface area contributed by atoms with Gasteiger partial charge in [-0.25, -0.2) is 18.1 Å². The molecule has 4 N–H and O–H groups in total. The number of nitrogens with one attached hydrogen (secondary N) is 2. The Labute approximate surface area is 117 Å². The molecule has 7 nitrogen and oxygen atoms in total. The molecule has 20 heavy (non-hydrogen) atoms. The van der Waals surface area contributed by atoms with Gasteiger partial charge in [-0.05, 0) is 37.1 Å². The van der Waals surface area contributed by atoms with E-state index in [0.29, 0.717) is 17.9 Å². The van der Waals surface area contributed by atoms with Gasteiger partial charge in [0.2, 0.25) is 10.0 Å². The molecule has 0 spiro atoms. The van der Waals surface area contributed by atoms with Crippen LogP contribution in [-0.2, 0) is 16.4 Å². The summed E-state index contributed by atoms with van der Waals surface area (Å²) in [5, 5.41) is 6.37. The van der Waals surface area contributed by atoms with Gasteiger partial charge in [0, 0.05) is 18.7 Å². The van der Waals surface area contributed by atoms with Crippen molar-refractivity contribution in [3.63, 3.8) is 0 Å². The van der Waals surface area contributed by atoms with Crippen molar-refractivity contribution in [2.75, 3.05) is 12.3 Å². The zero-order valence-electron chi connectivity index (χ0n) is 11.3. The van der Waals surface area contributed by atoms with E-state index in [9.17, 15) is 8.42 Å². The first-order valence-electron chi connectivity index (χ1n) is 6.11. The summed E-state index contributed by atoms with van der Waals surface area (Å²) in [5.41, 5.74) is 8.02. The molecule has 8 heteroatoms. The van der Waals surface area contributed by atoms with Crippen molar-refractivity contribution >= 4 is 15.7 Å². The van der Waals surface area contributed by atoms with Crippen LogP contribution in [0.5, 0.6) is 0 Å². The van der Waals surface area contributed by atoms with E-state index in [-0.39, 0.29) is 11.4 Å². The maximum Gasteiger partial charge on any atom is 0.240 e. The topological polar surface area (TPSA) is 114 Å². The van der Waals surface area contributed by atoms with Crippen LogP contribution in [0.3, 0.4) is 0 Å². The summed E-state index contributed by atoms with van der Waals surface area (Å²) >= 11 is 0. The number of anilines is 1. The number of aromatic amines is 1. The lowest BCUT2D eigenvalue weighted by Crippen LogP contribution is -2.26. The third-order valence-corrected chi connectivity index (χ3v) is 4.55. The zero-order chi connectivity index (χ0) is 14.8. The van der Waals surface area contributed by atoms with Crippen molar-refractivity contribution in [1.82, 2.24) is 19.9 Å². The average Bonchev–Trinajstić information content (AvgIpc) is 2.88. The maximum absolute atomic E-state index is 12.2. The van der Waals surface area contributed by atoms with Crippen molar-refractivity contribution in [2.24, 2.45) is 0 Å². The highest BCUT2D eigenvalue weighted by atomic mass is 32.2. The maximum atomic E-state index is 12.2. The van der Waals surface area contributed by atoms with Crippen LogP contribution in [0.1, 0.15) is 17.0 Å². The van der Waals surface area contributed by atoms with Gasteiger partial charge in [-0.2, -0.15) is 5.10 Å². The lowest BCUT2D eigenvalue weighted by molar-refractivity contribution is 0.581. The molecule has 1 aromatic carbocycles. The number of aromatic nitrogens is 3. The Kier molecular flexibility index (Phi) is 4.05. The highest BCUT2D eigenvalue weighted by Gasteiger charge is 2.16. The summed E-state index contributed by atoms with van der Waals surface area (Å²) in [4.78, 5) is 4.10. The van der Waals surface area contributed by atoms with Crippen LogP contribution < -0.4 is 10.5 Å². The molecule has 1 heterocycles. The van der Waals surface area contributed by atoms with Gasteiger partial charge in [0.15, 0.2) is 0 Å². The molecule has 0 aliphatic heterocycles. The third kappa shape index (κ3) is 3.14. The number of rotatable bonds is 5. The second-order valence-corrected chi connectivity index (χ2v) is 6.30. The molecule has 0 aliphatic rings. The number of nitrogens with zero attached hydrogens (tertiary/aromatic N) is 2. The largest absolute Gasteiger partial charge is 0.398 e. The molecule has 2 rings (SSSR count). The van der Waals surface area contributed by atoms with Crippen molar-refractivity contribution in [1.29, 1.82) is 0 Å². The molecule has 0 saturated heterocycles. The fraction of sp³-hybridized carbons (Fsp3) is 0.333. The minimum Gasteiger partial charge on any atom is -0.398 e. The lowest BCUT2D eigenvalue weighted by Gasteiger charge is -2.10. The van der Waals surface area contributed by atoms with Gasteiger partial charge in [-0.3, -0.25) is 5.10 Å². The molecule has 1 aromatic heterocycles. The van der Waals surface area contributed by atoms with Crippen molar-refractivity contribution in [3.8, 4) is 0 Å². The van der Waals surface area contributed by atoms with E-state index in [1.807, 2.05) is 13.8 Å². The average molecular weight is 295 g/mol. The highest BCUT2D eigenvalue weighted by Crippen LogP contribution is 2.21. The smallest absolute Gasteiger partial charge is 0.240 e. The van der Waals surface area contributed by atoms with Gasteiger partial charge in [-0.1, -0.05) is 0 Å². The van der Waals surface area contributed by atoms with Gasteiger partial charge in [0.1, 0.15) is 12.2 Å². The Morgan fingerprint density at radius 3 is 2.70 bits per heavy atom. The van der Waals surface area contributed by atoms with E-state index in [1.165, 1.54) is 12.4 Å². The summed E-state index contributed by atoms with van der Waals surface area (Å²) in [6.07, 6.45) is 1.83. The molecular weight excluding hydrogens is 278 g/mol. The fourth-order valence-corrected chi connectivity index (χ4v) is 2.90. The van der Waals surface area contributed by atoms with Crippen molar-refractivity contribution < 1.29 is 8.42 Å². The number of sulfonamides is 1. The number of benzene rings is 1. The molecular formula is C12H17N5O2S. The van der Waals surface area contributed by atoms with Gasteiger partial charge in [-0.15, -0.1) is 0 Å². The summed E-state index contributed by atoms with van der Waals surface area (Å²) in [7, 11) is -3.57. The normalized spacial score (nSPS) is 11.7. The van der Waals surface area contributed by atoms with Crippen LogP contribution in [-0.4, -0.2) is 30.1 Å². The quantitative estimate of drug-likeness (QED) is 0.696. The van der Waals surface area contributed by atoms with Crippen molar-refractivity contribution in [3.05, 3.63) is 35.4 Å². The fourth-order valence-electron chi connectivity index (χ4n) is 1.75. The number of nitrogens with two attached hydrogens (primary N) is 1. The first kappa shape index (κ1) is 14.5. The van der Waals surface area contributed by atoms with E-state index in [1.54, 1.807) is 6.07 Å². The number of hydrogen-bond donors (Lipinski definition) is 3. The number of nitrogen functional groups attached to an aromatic ring is 1. The van der Waals surface area contributed by atoms with E-state index in [2.05, 4.69) is 19.9 Å². The number of H-pyrrole nitrogens is 1. The SMILES string of the molecule is Cc1cc(S(=O)(=O)NCCc2ncn[nH]2)cc(N)c1C. The zero-order valence-corrected chi connectivity index (χ0v) is 12.2. The minimum atomic E-state index is -3.57. The van der Waals surface area contributed by atoms with Gasteiger partial charge in [0.25, 0.3) is 0 Å². The first-order chi connectivity index (χ1) is 9.40. The predicted octanol–water partition coefficient (Wildman–Crippen LogP) is 0.525. The second-order valence-electron chi connectivity index (χ2n) is 4.53. The molecule has 0 fully saturated rings. The number of aryl methyl sites for hydroxylation is 1. The molecule has 0 bridgehead atoms. The summed E-state index contributed by atoms with van der Waals surface area (Å²) in [6.45, 7) is 3.93. The van der Waals surface area contributed by atoms with Crippen molar-refractivity contribution in [2.45, 2.75) is 25.2 Å². The molecule has 2 aromatic rings. The van der Waals surface area contributed by atoms with E-state index >= 15 is 0 Å². The Hall–Kier alpha value is -1.93. The van der Waals surface area contributed by atoms with E-state index in [0.717, 1.165) is 11.1 Å². The molecule has 0 amide bonds. The van der Waals surface area contributed by atoms with Crippen LogP contribution in [0, 0.1) is 13.8 Å². The Morgan fingerprint density at radius 1 is 1.35 bits per heavy atom. The molecule has 0 saturated carbocycles.